The Labute approximate surface area is 114 Å². The van der Waals surface area contributed by atoms with Crippen molar-refractivity contribution in [3.8, 4) is 11.8 Å². The molecule has 3 nitrogen and oxygen atoms in total. The Morgan fingerprint density at radius 1 is 1.47 bits per heavy atom. The molecule has 3 N–H and O–H groups in total. The number of amides is 1. The summed E-state index contributed by atoms with van der Waals surface area (Å²) in [6.45, 7) is 3.08. The molecule has 1 saturated carbocycles. The van der Waals surface area contributed by atoms with Gasteiger partial charge in [-0.1, -0.05) is 24.7 Å². The van der Waals surface area contributed by atoms with Crippen molar-refractivity contribution >= 4 is 5.91 Å². The summed E-state index contributed by atoms with van der Waals surface area (Å²) >= 11 is 0. The lowest BCUT2D eigenvalue weighted by Gasteiger charge is -2.06. The fourth-order valence-corrected chi connectivity index (χ4v) is 1.99. The highest BCUT2D eigenvalue weighted by molar-refractivity contribution is 5.94. The third-order valence-corrected chi connectivity index (χ3v) is 3.35. The number of hydrogen-bond acceptors (Lipinski definition) is 2. The quantitative estimate of drug-likeness (QED) is 0.808. The molecular formula is C16H20N2O. The molecule has 1 fully saturated rings. The zero-order valence-electron chi connectivity index (χ0n) is 11.3. The monoisotopic (exact) mass is 256 g/mol. The van der Waals surface area contributed by atoms with Gasteiger partial charge in [-0.2, -0.15) is 0 Å². The van der Waals surface area contributed by atoms with Crippen molar-refractivity contribution in [2.45, 2.75) is 26.2 Å². The normalized spacial score (nSPS) is 13.6. The molecule has 0 radical (unpaired) electrons. The summed E-state index contributed by atoms with van der Waals surface area (Å²) in [6, 6.07) is 5.58. The van der Waals surface area contributed by atoms with Crippen LogP contribution in [0.15, 0.2) is 18.2 Å². The van der Waals surface area contributed by atoms with Crippen molar-refractivity contribution in [2.75, 3.05) is 13.1 Å². The first kappa shape index (κ1) is 13.6. The molecule has 0 saturated heterocycles. The molecule has 0 atom stereocenters. The van der Waals surface area contributed by atoms with Gasteiger partial charge in [0.2, 0.25) is 0 Å². The van der Waals surface area contributed by atoms with Crippen LogP contribution in [0.5, 0.6) is 0 Å². The largest absolute Gasteiger partial charge is 0.352 e. The molecule has 0 aliphatic heterocycles. The van der Waals surface area contributed by atoms with Crippen molar-refractivity contribution in [3.05, 3.63) is 34.9 Å². The minimum absolute atomic E-state index is 0.00193. The second-order valence-electron chi connectivity index (χ2n) is 5.02. The van der Waals surface area contributed by atoms with Crippen LogP contribution in [0, 0.1) is 24.7 Å². The number of carbonyl (C=O) groups excluding carboxylic acids is 1. The van der Waals surface area contributed by atoms with E-state index in [0.29, 0.717) is 12.1 Å². The lowest BCUT2D eigenvalue weighted by molar-refractivity contribution is 0.0952. The van der Waals surface area contributed by atoms with Gasteiger partial charge < -0.3 is 11.1 Å². The molecule has 100 valence electrons. The van der Waals surface area contributed by atoms with Crippen LogP contribution in [0.1, 0.15) is 40.7 Å². The number of aryl methyl sites for hydroxylation is 1. The summed E-state index contributed by atoms with van der Waals surface area (Å²) in [4.78, 5) is 12.0. The van der Waals surface area contributed by atoms with Gasteiger partial charge in [0, 0.05) is 17.7 Å². The SMILES string of the molecule is Cc1cc(C(=O)NCCC2CC2)ccc1C#CCN. The van der Waals surface area contributed by atoms with Crippen LogP contribution in [-0.4, -0.2) is 19.0 Å². The van der Waals surface area contributed by atoms with Gasteiger partial charge >= 0.3 is 0 Å². The first-order valence-electron chi connectivity index (χ1n) is 6.78. The van der Waals surface area contributed by atoms with Crippen LogP contribution >= 0.6 is 0 Å². The minimum Gasteiger partial charge on any atom is -0.352 e. The van der Waals surface area contributed by atoms with Crippen LogP contribution in [0.25, 0.3) is 0 Å². The molecular weight excluding hydrogens is 236 g/mol. The standard InChI is InChI=1S/C16H20N2O/c1-12-11-15(7-6-14(12)3-2-9-17)16(19)18-10-8-13-4-5-13/h6-7,11,13H,4-5,8-10,17H2,1H3,(H,18,19). The highest BCUT2D eigenvalue weighted by Gasteiger charge is 2.20. The number of carbonyl (C=O) groups is 1. The maximum absolute atomic E-state index is 12.0. The zero-order chi connectivity index (χ0) is 13.7. The van der Waals surface area contributed by atoms with Crippen LogP contribution < -0.4 is 11.1 Å². The fraction of sp³-hybridized carbons (Fsp3) is 0.438. The molecule has 1 aliphatic carbocycles. The van der Waals surface area contributed by atoms with Gasteiger partial charge in [0.25, 0.3) is 5.91 Å². The molecule has 1 aromatic rings. The Hall–Kier alpha value is -1.79. The first-order chi connectivity index (χ1) is 9.20. The summed E-state index contributed by atoms with van der Waals surface area (Å²) in [7, 11) is 0. The van der Waals surface area contributed by atoms with Crippen molar-refractivity contribution in [3.63, 3.8) is 0 Å². The van der Waals surface area contributed by atoms with E-state index in [4.69, 9.17) is 5.73 Å². The molecule has 0 aromatic heterocycles. The van der Waals surface area contributed by atoms with E-state index in [1.807, 2.05) is 25.1 Å². The van der Waals surface area contributed by atoms with E-state index in [1.54, 1.807) is 0 Å². The van der Waals surface area contributed by atoms with Gasteiger partial charge in [0.05, 0.1) is 6.54 Å². The number of nitrogens with one attached hydrogen (secondary N) is 1. The molecule has 2 rings (SSSR count). The molecule has 0 spiro atoms. The van der Waals surface area contributed by atoms with Crippen LogP contribution in [0.2, 0.25) is 0 Å². The van der Waals surface area contributed by atoms with E-state index in [9.17, 15) is 4.79 Å². The van der Waals surface area contributed by atoms with E-state index >= 15 is 0 Å². The summed E-state index contributed by atoms with van der Waals surface area (Å²) < 4.78 is 0. The van der Waals surface area contributed by atoms with E-state index in [2.05, 4.69) is 17.2 Å². The van der Waals surface area contributed by atoms with Crippen molar-refractivity contribution in [2.24, 2.45) is 11.7 Å². The number of benzene rings is 1. The Balaban J connectivity index is 1.95. The number of rotatable bonds is 4. The molecule has 3 heteroatoms. The summed E-state index contributed by atoms with van der Waals surface area (Å²) in [5.41, 5.74) is 7.99. The number of nitrogens with two attached hydrogens (primary N) is 1. The van der Waals surface area contributed by atoms with Gasteiger partial charge in [-0.3, -0.25) is 4.79 Å². The summed E-state index contributed by atoms with van der Waals surface area (Å²) in [6.07, 6.45) is 3.75. The third kappa shape index (κ3) is 4.11. The maximum Gasteiger partial charge on any atom is 0.251 e. The molecule has 19 heavy (non-hydrogen) atoms. The fourth-order valence-electron chi connectivity index (χ4n) is 1.99. The van der Waals surface area contributed by atoms with Crippen LogP contribution in [0.3, 0.4) is 0 Å². The zero-order valence-corrected chi connectivity index (χ0v) is 11.3. The lowest BCUT2D eigenvalue weighted by atomic mass is 10.0. The van der Waals surface area contributed by atoms with E-state index in [-0.39, 0.29) is 5.91 Å². The van der Waals surface area contributed by atoms with Gasteiger partial charge in [-0.05, 0) is 43.0 Å². The van der Waals surface area contributed by atoms with Gasteiger partial charge in [0.1, 0.15) is 0 Å². The Morgan fingerprint density at radius 2 is 2.26 bits per heavy atom. The highest BCUT2D eigenvalue weighted by Crippen LogP contribution is 2.31. The van der Waals surface area contributed by atoms with Crippen molar-refractivity contribution < 1.29 is 4.79 Å². The molecule has 0 bridgehead atoms. The Bertz CT molecular complexity index is 521. The topological polar surface area (TPSA) is 55.1 Å². The highest BCUT2D eigenvalue weighted by atomic mass is 16.1. The smallest absolute Gasteiger partial charge is 0.251 e. The average molecular weight is 256 g/mol. The second-order valence-corrected chi connectivity index (χ2v) is 5.02. The number of hydrogen-bond donors (Lipinski definition) is 2. The van der Waals surface area contributed by atoms with Gasteiger partial charge in [-0.25, -0.2) is 0 Å². The average Bonchev–Trinajstić information content (AvgIpc) is 3.21. The van der Waals surface area contributed by atoms with Crippen LogP contribution in [0.4, 0.5) is 0 Å². The molecule has 0 unspecified atom stereocenters. The predicted octanol–water partition coefficient (Wildman–Crippen LogP) is 1.84. The van der Waals surface area contributed by atoms with E-state index in [1.165, 1.54) is 12.8 Å². The first-order valence-corrected chi connectivity index (χ1v) is 6.78. The Morgan fingerprint density at radius 3 is 2.89 bits per heavy atom. The van der Waals surface area contributed by atoms with E-state index < -0.39 is 0 Å². The molecule has 1 aliphatic rings. The predicted molar refractivity (Wildman–Crippen MR) is 76.8 cm³/mol. The summed E-state index contributed by atoms with van der Waals surface area (Å²) in [5, 5.41) is 2.97. The molecule has 1 aromatic carbocycles. The van der Waals surface area contributed by atoms with Crippen molar-refractivity contribution in [1.29, 1.82) is 0 Å². The molecule has 0 heterocycles. The molecule has 1 amide bonds. The maximum atomic E-state index is 12.0. The van der Waals surface area contributed by atoms with E-state index in [0.717, 1.165) is 30.0 Å². The summed E-state index contributed by atoms with van der Waals surface area (Å²) in [5.74, 6) is 6.67. The van der Waals surface area contributed by atoms with Gasteiger partial charge in [0.15, 0.2) is 0 Å². The third-order valence-electron chi connectivity index (χ3n) is 3.35. The van der Waals surface area contributed by atoms with Crippen LogP contribution in [-0.2, 0) is 0 Å². The second kappa shape index (κ2) is 6.40. The van der Waals surface area contributed by atoms with Crippen molar-refractivity contribution in [1.82, 2.24) is 5.32 Å². The minimum atomic E-state index is 0.00193. The van der Waals surface area contributed by atoms with Gasteiger partial charge in [-0.15, -0.1) is 0 Å². The Kier molecular flexibility index (Phi) is 4.59. The lowest BCUT2D eigenvalue weighted by Crippen LogP contribution is -2.24.